The van der Waals surface area contributed by atoms with Crippen LogP contribution in [0.4, 0.5) is 0 Å². The molecule has 6 nitrogen and oxygen atoms in total. The van der Waals surface area contributed by atoms with E-state index in [4.69, 9.17) is 9.47 Å². The second kappa shape index (κ2) is 8.68. The smallest absolute Gasteiger partial charge is 0.239 e. The summed E-state index contributed by atoms with van der Waals surface area (Å²) in [6.07, 6.45) is 2.33. The zero-order chi connectivity index (χ0) is 15.1. The van der Waals surface area contributed by atoms with Crippen LogP contribution in [0.2, 0.25) is 0 Å². The van der Waals surface area contributed by atoms with E-state index in [1.807, 2.05) is 0 Å². The maximum Gasteiger partial charge on any atom is 0.239 e. The Morgan fingerprint density at radius 2 is 2.19 bits per heavy atom. The zero-order valence-corrected chi connectivity index (χ0v) is 13.3. The van der Waals surface area contributed by atoms with Gasteiger partial charge in [-0.2, -0.15) is 0 Å². The summed E-state index contributed by atoms with van der Waals surface area (Å²) in [5.41, 5.74) is 0. The molecule has 0 aromatic heterocycles. The number of ether oxygens (including phenoxy) is 2. The van der Waals surface area contributed by atoms with Gasteiger partial charge >= 0.3 is 0 Å². The molecule has 2 fully saturated rings. The van der Waals surface area contributed by atoms with Crippen LogP contribution < -0.4 is 10.6 Å². The zero-order valence-electron chi connectivity index (χ0n) is 13.3. The molecule has 0 bridgehead atoms. The molecule has 2 rings (SSSR count). The van der Waals surface area contributed by atoms with Gasteiger partial charge in [-0.05, 0) is 26.7 Å². The Morgan fingerprint density at radius 1 is 1.43 bits per heavy atom. The van der Waals surface area contributed by atoms with Crippen molar-refractivity contribution in [2.75, 3.05) is 46.0 Å². The highest BCUT2D eigenvalue weighted by molar-refractivity contribution is 5.82. The van der Waals surface area contributed by atoms with E-state index in [-0.39, 0.29) is 11.9 Å². The van der Waals surface area contributed by atoms with Crippen LogP contribution in [0.5, 0.6) is 0 Å². The predicted molar refractivity (Wildman–Crippen MR) is 81.3 cm³/mol. The third-order valence-corrected chi connectivity index (χ3v) is 4.03. The number of hydrogen-bond donors (Lipinski definition) is 2. The van der Waals surface area contributed by atoms with Crippen LogP contribution in [0.1, 0.15) is 26.7 Å². The largest absolute Gasteiger partial charge is 0.378 e. The van der Waals surface area contributed by atoms with Gasteiger partial charge in [0.1, 0.15) is 6.04 Å². The topological polar surface area (TPSA) is 62.8 Å². The van der Waals surface area contributed by atoms with Gasteiger partial charge in [0.2, 0.25) is 5.91 Å². The average molecular weight is 299 g/mol. The van der Waals surface area contributed by atoms with Gasteiger partial charge in [0.05, 0.1) is 25.9 Å². The molecule has 2 N–H and O–H groups in total. The van der Waals surface area contributed by atoms with Crippen molar-refractivity contribution in [3.63, 3.8) is 0 Å². The van der Waals surface area contributed by atoms with Crippen molar-refractivity contribution < 1.29 is 14.3 Å². The van der Waals surface area contributed by atoms with Crippen LogP contribution in [0.15, 0.2) is 0 Å². The lowest BCUT2D eigenvalue weighted by Gasteiger charge is -2.33. The van der Waals surface area contributed by atoms with Gasteiger partial charge < -0.3 is 25.0 Å². The maximum absolute atomic E-state index is 12.1. The molecule has 1 unspecified atom stereocenters. The molecular weight excluding hydrogens is 270 g/mol. The van der Waals surface area contributed by atoms with Gasteiger partial charge in [0.25, 0.3) is 0 Å². The van der Waals surface area contributed by atoms with Gasteiger partial charge in [-0.3, -0.25) is 4.79 Å². The summed E-state index contributed by atoms with van der Waals surface area (Å²) >= 11 is 0. The fourth-order valence-electron chi connectivity index (χ4n) is 2.75. The van der Waals surface area contributed by atoms with E-state index < -0.39 is 0 Å². The second-order valence-corrected chi connectivity index (χ2v) is 6.13. The molecule has 2 aliphatic heterocycles. The van der Waals surface area contributed by atoms with E-state index in [1.165, 1.54) is 0 Å². The van der Waals surface area contributed by atoms with Gasteiger partial charge in [-0.15, -0.1) is 0 Å². The average Bonchev–Trinajstić information content (AvgIpc) is 2.49. The van der Waals surface area contributed by atoms with Crippen molar-refractivity contribution in [3.8, 4) is 0 Å². The molecule has 2 heterocycles. The van der Waals surface area contributed by atoms with Crippen LogP contribution in [0.25, 0.3) is 0 Å². The van der Waals surface area contributed by atoms with E-state index in [0.717, 1.165) is 45.6 Å². The number of morpholine rings is 1. The molecule has 21 heavy (non-hydrogen) atoms. The summed E-state index contributed by atoms with van der Waals surface area (Å²) < 4.78 is 10.9. The molecule has 2 aliphatic rings. The number of piperidine rings is 1. The molecular formula is C15H29N3O3. The third-order valence-electron chi connectivity index (χ3n) is 4.03. The van der Waals surface area contributed by atoms with Crippen molar-refractivity contribution in [2.45, 2.75) is 44.9 Å². The van der Waals surface area contributed by atoms with Gasteiger partial charge in [-0.1, -0.05) is 0 Å². The summed E-state index contributed by atoms with van der Waals surface area (Å²) in [5.74, 6) is 0.0799. The Bertz CT molecular complexity index is 311. The van der Waals surface area contributed by atoms with Crippen LogP contribution >= 0.6 is 0 Å². The molecule has 0 aromatic rings. The van der Waals surface area contributed by atoms with Crippen molar-refractivity contribution >= 4 is 5.91 Å². The van der Waals surface area contributed by atoms with Gasteiger partial charge in [0.15, 0.2) is 0 Å². The Kier molecular flexibility index (Phi) is 6.89. The first-order chi connectivity index (χ1) is 10.1. The Hall–Kier alpha value is -0.690. The second-order valence-electron chi connectivity index (χ2n) is 6.13. The Labute approximate surface area is 127 Å². The lowest BCUT2D eigenvalue weighted by atomic mass is 10.0. The van der Waals surface area contributed by atoms with Gasteiger partial charge in [0, 0.05) is 32.2 Å². The minimum Gasteiger partial charge on any atom is -0.378 e. The van der Waals surface area contributed by atoms with E-state index in [9.17, 15) is 4.79 Å². The first kappa shape index (κ1) is 16.7. The molecule has 0 aliphatic carbocycles. The van der Waals surface area contributed by atoms with Crippen LogP contribution in [0, 0.1) is 0 Å². The number of rotatable bonds is 6. The molecule has 1 amide bonds. The van der Waals surface area contributed by atoms with Crippen LogP contribution in [0.3, 0.4) is 0 Å². The normalized spacial score (nSPS) is 25.2. The third kappa shape index (κ3) is 5.90. The SMILES string of the molecule is CC(C)OCCN1CCC(NC(=O)C2COCCN2)CC1. The van der Waals surface area contributed by atoms with Crippen LogP contribution in [-0.2, 0) is 14.3 Å². The lowest BCUT2D eigenvalue weighted by molar-refractivity contribution is -0.127. The molecule has 2 saturated heterocycles. The first-order valence-corrected chi connectivity index (χ1v) is 8.10. The number of likely N-dealkylation sites (tertiary alicyclic amines) is 1. The monoisotopic (exact) mass is 299 g/mol. The van der Waals surface area contributed by atoms with Crippen molar-refractivity contribution in [1.29, 1.82) is 0 Å². The van der Waals surface area contributed by atoms with E-state index in [2.05, 4.69) is 29.4 Å². The number of amides is 1. The predicted octanol–water partition coefficient (Wildman–Crippen LogP) is -0.0196. The Balaban J connectivity index is 1.61. The molecule has 0 saturated carbocycles. The Morgan fingerprint density at radius 3 is 2.81 bits per heavy atom. The molecule has 6 heteroatoms. The summed E-state index contributed by atoms with van der Waals surface area (Å²) in [4.78, 5) is 14.5. The number of hydrogen-bond acceptors (Lipinski definition) is 5. The van der Waals surface area contributed by atoms with E-state index in [1.54, 1.807) is 0 Å². The number of carbonyl (C=O) groups excluding carboxylic acids is 1. The molecule has 0 spiro atoms. The number of carbonyl (C=O) groups is 1. The lowest BCUT2D eigenvalue weighted by Crippen LogP contribution is -2.55. The minimum atomic E-state index is -0.184. The standard InChI is InChI=1S/C15H29N3O3/c1-12(2)21-10-8-18-6-3-13(4-7-18)17-15(19)14-11-20-9-5-16-14/h12-14,16H,3-11H2,1-2H3,(H,17,19). The fraction of sp³-hybridized carbons (Fsp3) is 0.933. The van der Waals surface area contributed by atoms with Crippen molar-refractivity contribution in [1.82, 2.24) is 15.5 Å². The summed E-state index contributed by atoms with van der Waals surface area (Å²) in [6.45, 7) is 9.89. The van der Waals surface area contributed by atoms with Crippen molar-refractivity contribution in [3.05, 3.63) is 0 Å². The van der Waals surface area contributed by atoms with Crippen molar-refractivity contribution in [2.24, 2.45) is 0 Å². The highest BCUT2D eigenvalue weighted by Crippen LogP contribution is 2.10. The first-order valence-electron chi connectivity index (χ1n) is 8.10. The summed E-state index contributed by atoms with van der Waals surface area (Å²) in [7, 11) is 0. The maximum atomic E-state index is 12.1. The highest BCUT2D eigenvalue weighted by atomic mass is 16.5. The number of nitrogens with one attached hydrogen (secondary N) is 2. The summed E-state index contributed by atoms with van der Waals surface area (Å²) in [6, 6.07) is 0.111. The minimum absolute atomic E-state index is 0.0799. The molecule has 0 aromatic carbocycles. The quantitative estimate of drug-likeness (QED) is 0.722. The van der Waals surface area contributed by atoms with Gasteiger partial charge in [-0.25, -0.2) is 0 Å². The van der Waals surface area contributed by atoms with E-state index >= 15 is 0 Å². The number of nitrogens with zero attached hydrogens (tertiary/aromatic N) is 1. The molecule has 0 radical (unpaired) electrons. The molecule has 1 atom stereocenters. The summed E-state index contributed by atoms with van der Waals surface area (Å²) in [5, 5.41) is 6.34. The van der Waals surface area contributed by atoms with Crippen LogP contribution in [-0.4, -0.2) is 75.0 Å². The highest BCUT2D eigenvalue weighted by Gasteiger charge is 2.25. The fourth-order valence-corrected chi connectivity index (χ4v) is 2.75. The van der Waals surface area contributed by atoms with E-state index in [0.29, 0.717) is 25.4 Å². The molecule has 122 valence electrons.